The number of carbonyl (C=O) groups is 1. The van der Waals surface area contributed by atoms with Crippen molar-refractivity contribution in [2.75, 3.05) is 19.6 Å². The van der Waals surface area contributed by atoms with Crippen molar-refractivity contribution in [3.8, 4) is 0 Å². The standard InChI is InChI=1S/C9H17NO/c1-8(2)5-10-6-9(7-10)3-4-11/h4,8-9H,3,5-7H2,1-2H3. The lowest BCUT2D eigenvalue weighted by molar-refractivity contribution is -0.109. The fourth-order valence-corrected chi connectivity index (χ4v) is 1.63. The Bertz CT molecular complexity index is 128. The average Bonchev–Trinajstić information content (AvgIpc) is 1.82. The van der Waals surface area contributed by atoms with E-state index in [0.717, 1.165) is 31.7 Å². The molecule has 2 nitrogen and oxygen atoms in total. The van der Waals surface area contributed by atoms with Gasteiger partial charge in [-0.2, -0.15) is 0 Å². The molecule has 64 valence electrons. The zero-order valence-electron chi connectivity index (χ0n) is 7.42. The van der Waals surface area contributed by atoms with Gasteiger partial charge in [0.25, 0.3) is 0 Å². The molecular weight excluding hydrogens is 138 g/mol. The first-order valence-corrected chi connectivity index (χ1v) is 4.38. The minimum absolute atomic E-state index is 0.659. The molecule has 0 radical (unpaired) electrons. The molecule has 0 unspecified atom stereocenters. The van der Waals surface area contributed by atoms with Crippen LogP contribution in [0, 0.1) is 11.8 Å². The summed E-state index contributed by atoms with van der Waals surface area (Å²) in [6.45, 7) is 7.92. The van der Waals surface area contributed by atoms with Crippen molar-refractivity contribution >= 4 is 6.29 Å². The first kappa shape index (κ1) is 8.72. The first-order valence-electron chi connectivity index (χ1n) is 4.38. The Morgan fingerprint density at radius 2 is 2.18 bits per heavy atom. The molecule has 0 aromatic carbocycles. The van der Waals surface area contributed by atoms with E-state index >= 15 is 0 Å². The van der Waals surface area contributed by atoms with E-state index < -0.39 is 0 Å². The van der Waals surface area contributed by atoms with Crippen molar-refractivity contribution in [2.45, 2.75) is 20.3 Å². The van der Waals surface area contributed by atoms with E-state index in [1.807, 2.05) is 0 Å². The van der Waals surface area contributed by atoms with Crippen molar-refractivity contribution in [2.24, 2.45) is 11.8 Å². The SMILES string of the molecule is CC(C)CN1CC(CC=O)C1. The Morgan fingerprint density at radius 3 is 2.64 bits per heavy atom. The second kappa shape index (κ2) is 3.86. The van der Waals surface area contributed by atoms with Gasteiger partial charge in [0, 0.05) is 26.1 Å². The van der Waals surface area contributed by atoms with Crippen LogP contribution in [-0.4, -0.2) is 30.8 Å². The molecule has 1 rings (SSSR count). The van der Waals surface area contributed by atoms with Crippen LogP contribution in [-0.2, 0) is 4.79 Å². The van der Waals surface area contributed by atoms with Crippen LogP contribution in [0.25, 0.3) is 0 Å². The highest BCUT2D eigenvalue weighted by Gasteiger charge is 2.25. The van der Waals surface area contributed by atoms with Crippen molar-refractivity contribution in [1.82, 2.24) is 4.90 Å². The summed E-state index contributed by atoms with van der Waals surface area (Å²) in [5.74, 6) is 1.42. The predicted molar refractivity (Wildman–Crippen MR) is 45.4 cm³/mol. The van der Waals surface area contributed by atoms with E-state index in [4.69, 9.17) is 0 Å². The summed E-state index contributed by atoms with van der Waals surface area (Å²) in [5.41, 5.74) is 0. The van der Waals surface area contributed by atoms with E-state index in [0.29, 0.717) is 5.92 Å². The lowest BCUT2D eigenvalue weighted by Crippen LogP contribution is -2.48. The summed E-state index contributed by atoms with van der Waals surface area (Å²) in [5, 5.41) is 0. The molecule has 1 aliphatic rings. The van der Waals surface area contributed by atoms with E-state index in [9.17, 15) is 4.79 Å². The topological polar surface area (TPSA) is 20.3 Å². The summed E-state index contributed by atoms with van der Waals surface area (Å²) in [7, 11) is 0. The van der Waals surface area contributed by atoms with Crippen LogP contribution in [0.15, 0.2) is 0 Å². The number of aldehydes is 1. The molecule has 0 atom stereocenters. The predicted octanol–water partition coefficient (Wildman–Crippen LogP) is 1.16. The van der Waals surface area contributed by atoms with Gasteiger partial charge in [-0.1, -0.05) is 13.8 Å². The molecule has 1 aliphatic heterocycles. The second-order valence-electron chi connectivity index (χ2n) is 3.88. The van der Waals surface area contributed by atoms with Gasteiger partial charge < -0.3 is 9.69 Å². The second-order valence-corrected chi connectivity index (χ2v) is 3.88. The zero-order chi connectivity index (χ0) is 8.27. The fourth-order valence-electron chi connectivity index (χ4n) is 1.63. The van der Waals surface area contributed by atoms with Gasteiger partial charge in [-0.15, -0.1) is 0 Å². The number of rotatable bonds is 4. The lowest BCUT2D eigenvalue weighted by atomic mass is 9.96. The molecule has 0 saturated carbocycles. The molecule has 0 amide bonds. The molecule has 1 saturated heterocycles. The van der Waals surface area contributed by atoms with Gasteiger partial charge in [0.05, 0.1) is 0 Å². The molecular formula is C9H17NO. The van der Waals surface area contributed by atoms with Gasteiger partial charge in [-0.25, -0.2) is 0 Å². The highest BCUT2D eigenvalue weighted by molar-refractivity contribution is 5.50. The summed E-state index contributed by atoms with van der Waals surface area (Å²) in [4.78, 5) is 12.5. The number of likely N-dealkylation sites (tertiary alicyclic amines) is 1. The van der Waals surface area contributed by atoms with Gasteiger partial charge in [0.2, 0.25) is 0 Å². The monoisotopic (exact) mass is 155 g/mol. The van der Waals surface area contributed by atoms with Crippen LogP contribution in [0.5, 0.6) is 0 Å². The van der Waals surface area contributed by atoms with Gasteiger partial charge in [-0.3, -0.25) is 0 Å². The molecule has 0 N–H and O–H groups in total. The maximum absolute atomic E-state index is 10.1. The lowest BCUT2D eigenvalue weighted by Gasteiger charge is -2.39. The fraction of sp³-hybridized carbons (Fsp3) is 0.889. The highest BCUT2D eigenvalue weighted by atomic mass is 16.1. The van der Waals surface area contributed by atoms with Gasteiger partial charge in [0.15, 0.2) is 0 Å². The Morgan fingerprint density at radius 1 is 1.55 bits per heavy atom. The summed E-state index contributed by atoms with van der Waals surface area (Å²) < 4.78 is 0. The molecule has 1 heterocycles. The number of nitrogens with zero attached hydrogens (tertiary/aromatic N) is 1. The van der Waals surface area contributed by atoms with Crippen LogP contribution in [0.4, 0.5) is 0 Å². The van der Waals surface area contributed by atoms with Crippen molar-refractivity contribution in [1.29, 1.82) is 0 Å². The molecule has 0 aromatic rings. The molecule has 0 aliphatic carbocycles. The zero-order valence-corrected chi connectivity index (χ0v) is 7.42. The third kappa shape index (κ3) is 2.62. The Hall–Kier alpha value is -0.370. The molecule has 2 heteroatoms. The quantitative estimate of drug-likeness (QED) is 0.568. The van der Waals surface area contributed by atoms with Crippen LogP contribution in [0.2, 0.25) is 0 Å². The van der Waals surface area contributed by atoms with E-state index in [2.05, 4.69) is 18.7 Å². The third-order valence-corrected chi connectivity index (χ3v) is 2.09. The largest absolute Gasteiger partial charge is 0.303 e. The Labute approximate surface area is 68.6 Å². The molecule has 1 fully saturated rings. The van der Waals surface area contributed by atoms with Crippen LogP contribution in [0.1, 0.15) is 20.3 Å². The van der Waals surface area contributed by atoms with Crippen molar-refractivity contribution in [3.63, 3.8) is 0 Å². The Balaban J connectivity index is 2.04. The molecule has 0 aromatic heterocycles. The summed E-state index contributed by atoms with van der Waals surface area (Å²) in [6, 6.07) is 0. The normalized spacial score (nSPS) is 20.3. The smallest absolute Gasteiger partial charge is 0.120 e. The van der Waals surface area contributed by atoms with Gasteiger partial charge >= 0.3 is 0 Å². The van der Waals surface area contributed by atoms with E-state index in [-0.39, 0.29) is 0 Å². The molecule has 0 bridgehead atoms. The van der Waals surface area contributed by atoms with Crippen LogP contribution >= 0.6 is 0 Å². The maximum Gasteiger partial charge on any atom is 0.120 e. The summed E-state index contributed by atoms with van der Waals surface area (Å²) >= 11 is 0. The molecule has 11 heavy (non-hydrogen) atoms. The van der Waals surface area contributed by atoms with Gasteiger partial charge in [0.1, 0.15) is 6.29 Å². The van der Waals surface area contributed by atoms with Crippen LogP contribution < -0.4 is 0 Å². The Kier molecular flexibility index (Phi) is 3.06. The third-order valence-electron chi connectivity index (χ3n) is 2.09. The van der Waals surface area contributed by atoms with E-state index in [1.165, 1.54) is 6.54 Å². The minimum Gasteiger partial charge on any atom is -0.303 e. The van der Waals surface area contributed by atoms with Gasteiger partial charge in [-0.05, 0) is 11.8 Å². The van der Waals surface area contributed by atoms with E-state index in [1.54, 1.807) is 0 Å². The minimum atomic E-state index is 0.659. The highest BCUT2D eigenvalue weighted by Crippen LogP contribution is 2.18. The van der Waals surface area contributed by atoms with Crippen molar-refractivity contribution in [3.05, 3.63) is 0 Å². The number of carbonyl (C=O) groups excluding carboxylic acids is 1. The average molecular weight is 155 g/mol. The molecule has 0 spiro atoms. The van der Waals surface area contributed by atoms with Crippen molar-refractivity contribution < 1.29 is 4.79 Å². The number of hydrogen-bond donors (Lipinski definition) is 0. The maximum atomic E-state index is 10.1. The summed E-state index contributed by atoms with van der Waals surface area (Å²) in [6.07, 6.45) is 1.80. The first-order chi connectivity index (χ1) is 5.22. The van der Waals surface area contributed by atoms with Crippen LogP contribution in [0.3, 0.4) is 0 Å². The number of hydrogen-bond acceptors (Lipinski definition) is 2.